The van der Waals surface area contributed by atoms with Crippen molar-refractivity contribution in [2.45, 2.75) is 39.2 Å². The van der Waals surface area contributed by atoms with Crippen LogP contribution in [0.4, 0.5) is 0 Å². The van der Waals surface area contributed by atoms with E-state index < -0.39 is 17.5 Å². The van der Waals surface area contributed by atoms with Crippen LogP contribution < -0.4 is 0 Å². The molecule has 0 N–H and O–H groups in total. The molecule has 1 aromatic rings. The van der Waals surface area contributed by atoms with Crippen molar-refractivity contribution in [1.82, 2.24) is 0 Å². The lowest BCUT2D eigenvalue weighted by molar-refractivity contribution is -0.157. The summed E-state index contributed by atoms with van der Waals surface area (Å²) >= 11 is 0. The third-order valence-corrected chi connectivity index (χ3v) is 2.40. The van der Waals surface area contributed by atoms with Gasteiger partial charge in [0.05, 0.1) is 0 Å². The van der Waals surface area contributed by atoms with Gasteiger partial charge < -0.3 is 4.74 Å². The smallest absolute Gasteiger partial charge is 0.317 e. The van der Waals surface area contributed by atoms with E-state index in [0.29, 0.717) is 12.8 Å². The Labute approximate surface area is 108 Å². The van der Waals surface area contributed by atoms with Crippen LogP contribution in [0, 0.1) is 5.92 Å². The van der Waals surface area contributed by atoms with E-state index in [4.69, 9.17) is 4.74 Å². The van der Waals surface area contributed by atoms with Crippen molar-refractivity contribution in [3.05, 3.63) is 35.9 Å². The number of rotatable bonds is 5. The molecule has 1 rings (SSSR count). The van der Waals surface area contributed by atoms with Crippen molar-refractivity contribution >= 4 is 12.3 Å². The Hall–Kier alpha value is -1.64. The highest BCUT2D eigenvalue weighted by molar-refractivity contribution is 5.88. The first-order valence-electron chi connectivity index (χ1n) is 6.07. The standard InChI is InChI=1S/C15H19O3/c1-15(2,3)18-14(17)13(11-16)10-9-12-7-5-4-6-8-12/h4-8,13H,9-10H2,1-3H3. The SMILES string of the molecule is CC(C)(C)OC(=O)C([C]=O)CCc1ccccc1. The highest BCUT2D eigenvalue weighted by atomic mass is 16.6. The Morgan fingerprint density at radius 2 is 1.89 bits per heavy atom. The van der Waals surface area contributed by atoms with Gasteiger partial charge in [-0.15, -0.1) is 0 Å². The molecular weight excluding hydrogens is 228 g/mol. The molecule has 1 atom stereocenters. The van der Waals surface area contributed by atoms with E-state index in [0.717, 1.165) is 5.56 Å². The van der Waals surface area contributed by atoms with Gasteiger partial charge in [0.25, 0.3) is 0 Å². The summed E-state index contributed by atoms with van der Waals surface area (Å²) in [4.78, 5) is 22.6. The van der Waals surface area contributed by atoms with Crippen LogP contribution in [0.2, 0.25) is 0 Å². The number of carbonyl (C=O) groups is 1. The fraction of sp³-hybridized carbons (Fsp3) is 0.467. The Morgan fingerprint density at radius 3 is 2.39 bits per heavy atom. The summed E-state index contributed by atoms with van der Waals surface area (Å²) < 4.78 is 5.18. The van der Waals surface area contributed by atoms with Gasteiger partial charge in [-0.25, -0.2) is 0 Å². The molecule has 0 saturated heterocycles. The van der Waals surface area contributed by atoms with Gasteiger partial charge in [0.1, 0.15) is 11.5 Å². The monoisotopic (exact) mass is 247 g/mol. The lowest BCUT2D eigenvalue weighted by Crippen LogP contribution is -2.29. The van der Waals surface area contributed by atoms with E-state index in [9.17, 15) is 9.59 Å². The maximum absolute atomic E-state index is 11.7. The first-order chi connectivity index (χ1) is 8.42. The second-order valence-electron chi connectivity index (χ2n) is 5.23. The summed E-state index contributed by atoms with van der Waals surface area (Å²) in [5.41, 5.74) is 0.528. The Morgan fingerprint density at radius 1 is 1.28 bits per heavy atom. The summed E-state index contributed by atoms with van der Waals surface area (Å²) in [5, 5.41) is 0. The van der Waals surface area contributed by atoms with E-state index in [2.05, 4.69) is 0 Å². The molecule has 0 saturated carbocycles. The van der Waals surface area contributed by atoms with Gasteiger partial charge in [-0.1, -0.05) is 30.3 Å². The summed E-state index contributed by atoms with van der Waals surface area (Å²) in [7, 11) is 0. The summed E-state index contributed by atoms with van der Waals surface area (Å²) in [6.45, 7) is 5.35. The van der Waals surface area contributed by atoms with Crippen molar-refractivity contribution < 1.29 is 14.3 Å². The zero-order valence-corrected chi connectivity index (χ0v) is 11.1. The minimum atomic E-state index is -0.801. The molecule has 3 nitrogen and oxygen atoms in total. The number of ether oxygens (including phenoxy) is 1. The average molecular weight is 247 g/mol. The zero-order chi connectivity index (χ0) is 13.6. The molecule has 1 unspecified atom stereocenters. The lowest BCUT2D eigenvalue weighted by Gasteiger charge is -2.21. The highest BCUT2D eigenvalue weighted by Crippen LogP contribution is 2.14. The summed E-state index contributed by atoms with van der Waals surface area (Å²) in [5.74, 6) is -1.29. The number of benzene rings is 1. The molecule has 0 aliphatic heterocycles. The molecule has 0 aliphatic rings. The summed E-state index contributed by atoms with van der Waals surface area (Å²) in [6, 6.07) is 9.74. The van der Waals surface area contributed by atoms with Crippen LogP contribution in [0.25, 0.3) is 0 Å². The van der Waals surface area contributed by atoms with Crippen molar-refractivity contribution in [1.29, 1.82) is 0 Å². The van der Waals surface area contributed by atoms with E-state index >= 15 is 0 Å². The molecule has 0 aromatic heterocycles. The molecular formula is C15H19O3. The first-order valence-corrected chi connectivity index (χ1v) is 6.07. The molecule has 0 heterocycles. The van der Waals surface area contributed by atoms with Crippen LogP contribution in [-0.4, -0.2) is 17.9 Å². The van der Waals surface area contributed by atoms with E-state index in [-0.39, 0.29) is 0 Å². The first kappa shape index (κ1) is 14.4. The van der Waals surface area contributed by atoms with Gasteiger partial charge in [-0.3, -0.25) is 9.59 Å². The molecule has 0 spiro atoms. The third kappa shape index (κ3) is 5.13. The van der Waals surface area contributed by atoms with Crippen molar-refractivity contribution in [2.24, 2.45) is 5.92 Å². The minimum Gasteiger partial charge on any atom is -0.459 e. The number of aryl methyl sites for hydroxylation is 1. The number of hydrogen-bond donors (Lipinski definition) is 0. The minimum absolute atomic E-state index is 0.433. The largest absolute Gasteiger partial charge is 0.459 e. The van der Waals surface area contributed by atoms with Gasteiger partial charge in [0.2, 0.25) is 6.29 Å². The molecule has 0 amide bonds. The second-order valence-corrected chi connectivity index (χ2v) is 5.23. The molecule has 1 radical (unpaired) electrons. The molecule has 18 heavy (non-hydrogen) atoms. The maximum atomic E-state index is 11.7. The molecule has 0 fully saturated rings. The Bertz CT molecular complexity index is 390. The summed E-state index contributed by atoms with van der Waals surface area (Å²) in [6.07, 6.45) is 2.87. The Kier molecular flexibility index (Phi) is 5.08. The van der Waals surface area contributed by atoms with Crippen LogP contribution in [-0.2, 0) is 20.7 Å². The van der Waals surface area contributed by atoms with Crippen molar-refractivity contribution in [3.63, 3.8) is 0 Å². The van der Waals surface area contributed by atoms with Gasteiger partial charge in [-0.05, 0) is 39.2 Å². The fourth-order valence-electron chi connectivity index (χ4n) is 1.55. The van der Waals surface area contributed by atoms with Crippen molar-refractivity contribution in [3.8, 4) is 0 Å². The maximum Gasteiger partial charge on any atom is 0.317 e. The molecule has 97 valence electrons. The van der Waals surface area contributed by atoms with Gasteiger partial charge in [0.15, 0.2) is 0 Å². The van der Waals surface area contributed by atoms with E-state index in [1.807, 2.05) is 30.3 Å². The fourth-order valence-corrected chi connectivity index (χ4v) is 1.55. The average Bonchev–Trinajstić information content (AvgIpc) is 2.29. The predicted molar refractivity (Wildman–Crippen MR) is 69.8 cm³/mol. The van der Waals surface area contributed by atoms with Crippen molar-refractivity contribution in [2.75, 3.05) is 0 Å². The van der Waals surface area contributed by atoms with Crippen LogP contribution >= 0.6 is 0 Å². The van der Waals surface area contributed by atoms with E-state index in [1.54, 1.807) is 27.1 Å². The van der Waals surface area contributed by atoms with Crippen LogP contribution in [0.3, 0.4) is 0 Å². The zero-order valence-electron chi connectivity index (χ0n) is 11.1. The molecule has 0 aliphatic carbocycles. The van der Waals surface area contributed by atoms with Crippen LogP contribution in [0.15, 0.2) is 30.3 Å². The quantitative estimate of drug-likeness (QED) is 0.593. The van der Waals surface area contributed by atoms with Crippen LogP contribution in [0.1, 0.15) is 32.8 Å². The topological polar surface area (TPSA) is 43.4 Å². The van der Waals surface area contributed by atoms with Gasteiger partial charge >= 0.3 is 5.97 Å². The lowest BCUT2D eigenvalue weighted by atomic mass is 10.0. The second kappa shape index (κ2) is 6.34. The number of esters is 1. The molecule has 1 aromatic carbocycles. The van der Waals surface area contributed by atoms with Crippen LogP contribution in [0.5, 0.6) is 0 Å². The highest BCUT2D eigenvalue weighted by Gasteiger charge is 2.25. The van der Waals surface area contributed by atoms with E-state index in [1.165, 1.54) is 0 Å². The normalized spacial score (nSPS) is 12.8. The molecule has 3 heteroatoms. The predicted octanol–water partition coefficient (Wildman–Crippen LogP) is 2.69. The number of carbonyl (C=O) groups excluding carboxylic acids is 2. The molecule has 0 bridgehead atoms. The number of hydrogen-bond acceptors (Lipinski definition) is 3. The van der Waals surface area contributed by atoms with Gasteiger partial charge in [-0.2, -0.15) is 0 Å². The third-order valence-electron chi connectivity index (χ3n) is 2.40. The Balaban J connectivity index is 2.52. The van der Waals surface area contributed by atoms with Gasteiger partial charge in [0, 0.05) is 0 Å².